The van der Waals surface area contributed by atoms with Gasteiger partial charge in [-0.05, 0) is 34.9 Å². The van der Waals surface area contributed by atoms with E-state index in [-0.39, 0.29) is 5.78 Å². The SMILES string of the molecule is O=C(CCc1ccsc1)c1ccccc1Br. The minimum Gasteiger partial charge on any atom is -0.294 e. The molecule has 82 valence electrons. The zero-order valence-electron chi connectivity index (χ0n) is 8.65. The molecule has 2 rings (SSSR count). The Morgan fingerprint density at radius 3 is 2.75 bits per heavy atom. The second-order valence-corrected chi connectivity index (χ2v) is 5.17. The number of Topliss-reactive ketones (excluding diaryl/α,β-unsaturated/α-hetero) is 1. The van der Waals surface area contributed by atoms with Crippen molar-refractivity contribution in [2.75, 3.05) is 0 Å². The first-order valence-corrected chi connectivity index (χ1v) is 6.80. The lowest BCUT2D eigenvalue weighted by Crippen LogP contribution is -2.01. The van der Waals surface area contributed by atoms with Crippen molar-refractivity contribution in [1.29, 1.82) is 0 Å². The van der Waals surface area contributed by atoms with Gasteiger partial charge in [-0.2, -0.15) is 11.3 Å². The van der Waals surface area contributed by atoms with Crippen molar-refractivity contribution < 1.29 is 4.79 Å². The number of halogens is 1. The molecule has 0 spiro atoms. The summed E-state index contributed by atoms with van der Waals surface area (Å²) in [6.45, 7) is 0. The number of carbonyl (C=O) groups is 1. The van der Waals surface area contributed by atoms with Crippen LogP contribution in [-0.4, -0.2) is 5.78 Å². The van der Waals surface area contributed by atoms with Crippen LogP contribution in [0.5, 0.6) is 0 Å². The summed E-state index contributed by atoms with van der Waals surface area (Å²) in [5.41, 5.74) is 2.02. The van der Waals surface area contributed by atoms with Gasteiger partial charge in [-0.25, -0.2) is 0 Å². The summed E-state index contributed by atoms with van der Waals surface area (Å²) in [6.07, 6.45) is 1.39. The molecule has 0 saturated carbocycles. The Kier molecular flexibility index (Phi) is 3.91. The number of rotatable bonds is 4. The molecule has 0 amide bonds. The first kappa shape index (κ1) is 11.6. The molecular formula is C13H11BrOS. The van der Waals surface area contributed by atoms with Crippen molar-refractivity contribution in [3.63, 3.8) is 0 Å². The highest BCUT2D eigenvalue weighted by molar-refractivity contribution is 9.10. The van der Waals surface area contributed by atoms with Crippen LogP contribution < -0.4 is 0 Å². The Hall–Kier alpha value is -0.930. The van der Waals surface area contributed by atoms with Crippen LogP contribution in [0.25, 0.3) is 0 Å². The molecule has 3 heteroatoms. The van der Waals surface area contributed by atoms with E-state index in [9.17, 15) is 4.79 Å². The van der Waals surface area contributed by atoms with E-state index in [0.717, 1.165) is 16.5 Å². The van der Waals surface area contributed by atoms with Crippen LogP contribution in [0.3, 0.4) is 0 Å². The molecule has 1 nitrogen and oxygen atoms in total. The van der Waals surface area contributed by atoms with Crippen LogP contribution in [0, 0.1) is 0 Å². The predicted octanol–water partition coefficient (Wildman–Crippen LogP) is 4.33. The Morgan fingerprint density at radius 2 is 2.06 bits per heavy atom. The summed E-state index contributed by atoms with van der Waals surface area (Å²) in [5.74, 6) is 0.193. The van der Waals surface area contributed by atoms with Crippen LogP contribution in [-0.2, 0) is 6.42 Å². The number of ketones is 1. The highest BCUT2D eigenvalue weighted by atomic mass is 79.9. The van der Waals surface area contributed by atoms with Gasteiger partial charge in [-0.1, -0.05) is 34.1 Å². The molecule has 1 heterocycles. The van der Waals surface area contributed by atoms with Gasteiger partial charge in [0.1, 0.15) is 0 Å². The average Bonchev–Trinajstić information content (AvgIpc) is 2.79. The average molecular weight is 295 g/mol. The monoisotopic (exact) mass is 294 g/mol. The van der Waals surface area contributed by atoms with E-state index < -0.39 is 0 Å². The number of thiophene rings is 1. The zero-order valence-corrected chi connectivity index (χ0v) is 11.1. The lowest BCUT2D eigenvalue weighted by molar-refractivity contribution is 0.0982. The maximum absolute atomic E-state index is 11.9. The minimum absolute atomic E-state index is 0.193. The van der Waals surface area contributed by atoms with Gasteiger partial charge >= 0.3 is 0 Å². The highest BCUT2D eigenvalue weighted by Gasteiger charge is 2.09. The lowest BCUT2D eigenvalue weighted by atomic mass is 10.0. The van der Waals surface area contributed by atoms with Crippen molar-refractivity contribution >= 4 is 33.0 Å². The minimum atomic E-state index is 0.193. The molecule has 0 atom stereocenters. The molecule has 0 saturated heterocycles. The van der Waals surface area contributed by atoms with Crippen molar-refractivity contribution in [3.05, 3.63) is 56.7 Å². The van der Waals surface area contributed by atoms with E-state index in [4.69, 9.17) is 0 Å². The number of hydrogen-bond donors (Lipinski definition) is 0. The van der Waals surface area contributed by atoms with E-state index in [2.05, 4.69) is 27.4 Å². The third-order valence-corrected chi connectivity index (χ3v) is 3.82. The maximum atomic E-state index is 11.9. The summed E-state index contributed by atoms with van der Waals surface area (Å²) in [6, 6.07) is 9.64. The molecule has 1 aromatic carbocycles. The Morgan fingerprint density at radius 1 is 1.25 bits per heavy atom. The summed E-state index contributed by atoms with van der Waals surface area (Å²) >= 11 is 5.07. The molecule has 0 fully saturated rings. The highest BCUT2D eigenvalue weighted by Crippen LogP contribution is 2.18. The van der Waals surface area contributed by atoms with Gasteiger partial charge in [-0.3, -0.25) is 4.79 Å². The molecule has 16 heavy (non-hydrogen) atoms. The Labute approximate surface area is 107 Å². The van der Waals surface area contributed by atoms with Crippen molar-refractivity contribution in [2.24, 2.45) is 0 Å². The fourth-order valence-corrected chi connectivity index (χ4v) is 2.72. The number of hydrogen-bond acceptors (Lipinski definition) is 2. The molecule has 0 aliphatic rings. The molecule has 0 aliphatic carbocycles. The quantitative estimate of drug-likeness (QED) is 0.767. The molecule has 2 aromatic rings. The van der Waals surface area contributed by atoms with E-state index in [1.165, 1.54) is 5.56 Å². The molecular weight excluding hydrogens is 284 g/mol. The molecule has 0 aliphatic heterocycles. The molecule has 1 aromatic heterocycles. The number of carbonyl (C=O) groups excluding carboxylic acids is 1. The maximum Gasteiger partial charge on any atom is 0.164 e. The van der Waals surface area contributed by atoms with E-state index in [0.29, 0.717) is 6.42 Å². The van der Waals surface area contributed by atoms with Crippen molar-refractivity contribution in [1.82, 2.24) is 0 Å². The summed E-state index contributed by atoms with van der Waals surface area (Å²) in [7, 11) is 0. The van der Waals surface area contributed by atoms with Crippen LogP contribution in [0.4, 0.5) is 0 Å². The second kappa shape index (κ2) is 5.41. The first-order valence-electron chi connectivity index (χ1n) is 5.06. The largest absolute Gasteiger partial charge is 0.294 e. The van der Waals surface area contributed by atoms with E-state index >= 15 is 0 Å². The third-order valence-electron chi connectivity index (χ3n) is 2.40. The predicted molar refractivity (Wildman–Crippen MR) is 71.1 cm³/mol. The second-order valence-electron chi connectivity index (χ2n) is 3.53. The molecule has 0 bridgehead atoms. The molecule has 0 unspecified atom stereocenters. The van der Waals surface area contributed by atoms with Gasteiger partial charge in [-0.15, -0.1) is 0 Å². The number of benzene rings is 1. The normalized spacial score (nSPS) is 10.3. The standard InChI is InChI=1S/C13H11BrOS/c14-12-4-2-1-3-11(12)13(15)6-5-10-7-8-16-9-10/h1-4,7-9H,5-6H2. The molecule has 0 N–H and O–H groups in total. The van der Waals surface area contributed by atoms with Gasteiger partial charge in [0.2, 0.25) is 0 Å². The fraction of sp³-hybridized carbons (Fsp3) is 0.154. The summed E-state index contributed by atoms with van der Waals surface area (Å²) < 4.78 is 0.880. The van der Waals surface area contributed by atoms with Crippen LogP contribution in [0.15, 0.2) is 45.6 Å². The lowest BCUT2D eigenvalue weighted by Gasteiger charge is -2.02. The van der Waals surface area contributed by atoms with Gasteiger partial charge in [0.25, 0.3) is 0 Å². The van der Waals surface area contributed by atoms with Crippen LogP contribution in [0.2, 0.25) is 0 Å². The summed E-state index contributed by atoms with van der Waals surface area (Å²) in [4.78, 5) is 11.9. The fourth-order valence-electron chi connectivity index (χ4n) is 1.51. The first-order chi connectivity index (χ1) is 7.77. The Balaban J connectivity index is 2.01. The smallest absolute Gasteiger partial charge is 0.164 e. The summed E-state index contributed by atoms with van der Waals surface area (Å²) in [5, 5.41) is 4.13. The zero-order chi connectivity index (χ0) is 11.4. The topological polar surface area (TPSA) is 17.1 Å². The van der Waals surface area contributed by atoms with E-state index in [1.807, 2.05) is 29.6 Å². The van der Waals surface area contributed by atoms with Crippen molar-refractivity contribution in [3.8, 4) is 0 Å². The van der Waals surface area contributed by atoms with Crippen molar-refractivity contribution in [2.45, 2.75) is 12.8 Å². The van der Waals surface area contributed by atoms with E-state index in [1.54, 1.807) is 11.3 Å². The Bertz CT molecular complexity index is 476. The number of aryl methyl sites for hydroxylation is 1. The van der Waals surface area contributed by atoms with Gasteiger partial charge in [0, 0.05) is 16.5 Å². The van der Waals surface area contributed by atoms with Gasteiger partial charge in [0.05, 0.1) is 0 Å². The van der Waals surface area contributed by atoms with Gasteiger partial charge in [0.15, 0.2) is 5.78 Å². The van der Waals surface area contributed by atoms with Gasteiger partial charge < -0.3 is 0 Å². The van der Waals surface area contributed by atoms with Crippen LogP contribution >= 0.6 is 27.3 Å². The third kappa shape index (κ3) is 2.80. The van der Waals surface area contributed by atoms with Crippen LogP contribution in [0.1, 0.15) is 22.3 Å². The molecule has 0 radical (unpaired) electrons.